The second-order valence-electron chi connectivity index (χ2n) is 8.31. The summed E-state index contributed by atoms with van der Waals surface area (Å²) in [6.07, 6.45) is 0.291. The Morgan fingerprint density at radius 2 is 1.65 bits per heavy atom. The van der Waals surface area contributed by atoms with Crippen LogP contribution in [0.1, 0.15) is 5.56 Å². The minimum atomic E-state index is -0.597. The van der Waals surface area contributed by atoms with E-state index >= 15 is 0 Å². The molecule has 1 fully saturated rings. The second-order valence-corrected chi connectivity index (χ2v) is 10.3. The molecule has 5 rings (SSSR count). The van der Waals surface area contributed by atoms with Gasteiger partial charge >= 0.3 is 0 Å². The summed E-state index contributed by atoms with van der Waals surface area (Å²) in [6.45, 7) is 0. The van der Waals surface area contributed by atoms with Crippen molar-refractivity contribution in [2.24, 2.45) is 0 Å². The molecular formula is C29H19Cl2N3O2S. The Balaban J connectivity index is 1.54. The van der Waals surface area contributed by atoms with Gasteiger partial charge in [-0.2, -0.15) is 5.26 Å². The molecule has 1 unspecified atom stereocenters. The first kappa shape index (κ1) is 24.9. The van der Waals surface area contributed by atoms with E-state index in [1.807, 2.05) is 54.6 Å². The number of nitriles is 1. The van der Waals surface area contributed by atoms with Gasteiger partial charge in [0.25, 0.3) is 5.91 Å². The molecule has 5 nitrogen and oxygen atoms in total. The van der Waals surface area contributed by atoms with Gasteiger partial charge in [0.1, 0.15) is 16.7 Å². The number of nitrogens with one attached hydrogen (secondary N) is 1. The zero-order chi connectivity index (χ0) is 25.9. The van der Waals surface area contributed by atoms with Gasteiger partial charge in [0, 0.05) is 16.8 Å². The molecule has 0 radical (unpaired) electrons. The van der Waals surface area contributed by atoms with E-state index in [0.717, 1.165) is 10.8 Å². The van der Waals surface area contributed by atoms with E-state index in [-0.39, 0.29) is 16.5 Å². The maximum Gasteiger partial charge on any atom is 0.269 e. The van der Waals surface area contributed by atoms with Crippen molar-refractivity contribution in [3.8, 4) is 6.07 Å². The molecule has 182 valence electrons. The number of nitrogens with zero attached hydrogens (tertiary/aromatic N) is 2. The summed E-state index contributed by atoms with van der Waals surface area (Å²) < 4.78 is 0. The molecule has 1 aliphatic rings. The molecule has 0 aliphatic carbocycles. The van der Waals surface area contributed by atoms with E-state index in [4.69, 9.17) is 23.2 Å². The van der Waals surface area contributed by atoms with E-state index in [9.17, 15) is 14.9 Å². The van der Waals surface area contributed by atoms with Gasteiger partial charge in [-0.25, -0.2) is 0 Å². The SMILES string of the molecule is N#CC(C(=O)Nc1cccc2ccccc12)=C1SC(Cc2cccc(Cl)c2Cl)C(=O)N1c1ccccc1. The van der Waals surface area contributed by atoms with Gasteiger partial charge in [-0.15, -0.1) is 0 Å². The molecule has 0 aromatic heterocycles. The average molecular weight is 544 g/mol. The fourth-order valence-electron chi connectivity index (χ4n) is 4.22. The first-order valence-corrected chi connectivity index (χ1v) is 13.0. The van der Waals surface area contributed by atoms with Crippen LogP contribution in [-0.4, -0.2) is 17.1 Å². The summed E-state index contributed by atoms with van der Waals surface area (Å²) in [5.41, 5.74) is 1.72. The molecule has 0 bridgehead atoms. The fraction of sp³-hybridized carbons (Fsp3) is 0.0690. The number of carbonyl (C=O) groups excluding carboxylic acids is 2. The highest BCUT2D eigenvalue weighted by atomic mass is 35.5. The molecule has 1 aliphatic heterocycles. The number of carbonyl (C=O) groups is 2. The number of para-hydroxylation sites is 1. The van der Waals surface area contributed by atoms with Gasteiger partial charge in [0.15, 0.2) is 0 Å². The van der Waals surface area contributed by atoms with Gasteiger partial charge in [0.2, 0.25) is 5.91 Å². The smallest absolute Gasteiger partial charge is 0.269 e. The van der Waals surface area contributed by atoms with Crippen LogP contribution in [0.3, 0.4) is 0 Å². The summed E-state index contributed by atoms with van der Waals surface area (Å²) in [7, 11) is 0. The van der Waals surface area contributed by atoms with Crippen molar-refractivity contribution in [2.75, 3.05) is 10.2 Å². The monoisotopic (exact) mass is 543 g/mol. The van der Waals surface area contributed by atoms with E-state index in [1.54, 1.807) is 42.5 Å². The zero-order valence-corrected chi connectivity index (χ0v) is 21.6. The van der Waals surface area contributed by atoms with Crippen molar-refractivity contribution in [2.45, 2.75) is 11.7 Å². The molecule has 1 N–H and O–H groups in total. The lowest BCUT2D eigenvalue weighted by atomic mass is 10.1. The van der Waals surface area contributed by atoms with Crippen LogP contribution in [0, 0.1) is 11.3 Å². The number of benzene rings is 4. The molecule has 4 aromatic carbocycles. The van der Waals surface area contributed by atoms with Gasteiger partial charge in [-0.1, -0.05) is 102 Å². The maximum absolute atomic E-state index is 13.6. The highest BCUT2D eigenvalue weighted by Crippen LogP contribution is 2.43. The number of hydrogen-bond acceptors (Lipinski definition) is 4. The number of anilines is 2. The maximum atomic E-state index is 13.6. The van der Waals surface area contributed by atoms with E-state index in [2.05, 4.69) is 5.32 Å². The third-order valence-electron chi connectivity index (χ3n) is 5.99. The normalized spacial score (nSPS) is 16.5. The Kier molecular flexibility index (Phi) is 7.20. The summed E-state index contributed by atoms with van der Waals surface area (Å²) in [4.78, 5) is 28.5. The van der Waals surface area contributed by atoms with Crippen LogP contribution >= 0.6 is 35.0 Å². The van der Waals surface area contributed by atoms with E-state index in [1.165, 1.54) is 16.7 Å². The molecule has 37 heavy (non-hydrogen) atoms. The van der Waals surface area contributed by atoms with E-state index in [0.29, 0.717) is 33.4 Å². The first-order valence-electron chi connectivity index (χ1n) is 11.4. The minimum absolute atomic E-state index is 0.144. The number of thioether (sulfide) groups is 1. The summed E-state index contributed by atoms with van der Waals surface area (Å²) >= 11 is 13.8. The van der Waals surface area contributed by atoms with Crippen LogP contribution < -0.4 is 10.2 Å². The number of fused-ring (bicyclic) bond motifs is 1. The van der Waals surface area contributed by atoms with Crippen molar-refractivity contribution in [3.05, 3.63) is 117 Å². The Hall–Kier alpha value is -3.76. The number of rotatable bonds is 5. The highest BCUT2D eigenvalue weighted by Gasteiger charge is 2.41. The average Bonchev–Trinajstić information content (AvgIpc) is 3.23. The number of halogens is 2. The molecular weight excluding hydrogens is 525 g/mol. The van der Waals surface area contributed by atoms with Crippen molar-refractivity contribution in [1.29, 1.82) is 5.26 Å². The standard InChI is InChI=1S/C29H19Cl2N3O2S/c30-23-14-6-10-19(26(23)31)16-25-28(36)34(20-11-2-1-3-12-20)29(37-25)22(17-32)27(35)33-24-15-7-9-18-8-4-5-13-21(18)24/h1-15,25H,16H2,(H,33,35). The van der Waals surface area contributed by atoms with Crippen molar-refractivity contribution < 1.29 is 9.59 Å². The molecule has 8 heteroatoms. The van der Waals surface area contributed by atoms with Gasteiger partial charge in [-0.3, -0.25) is 14.5 Å². The van der Waals surface area contributed by atoms with Crippen LogP contribution in [0.5, 0.6) is 0 Å². The first-order chi connectivity index (χ1) is 18.0. The Labute approximate surface area is 228 Å². The topological polar surface area (TPSA) is 73.2 Å². The van der Waals surface area contributed by atoms with Crippen molar-refractivity contribution in [1.82, 2.24) is 0 Å². The molecule has 0 saturated carbocycles. The van der Waals surface area contributed by atoms with Crippen molar-refractivity contribution >= 4 is 68.9 Å². The lowest BCUT2D eigenvalue weighted by Crippen LogP contribution is -2.31. The van der Waals surface area contributed by atoms with Crippen LogP contribution in [0.4, 0.5) is 11.4 Å². The lowest BCUT2D eigenvalue weighted by molar-refractivity contribution is -0.117. The third kappa shape index (κ3) is 4.94. The molecule has 4 aromatic rings. The molecule has 1 heterocycles. The Morgan fingerprint density at radius 3 is 2.43 bits per heavy atom. The van der Waals surface area contributed by atoms with Gasteiger partial charge in [0.05, 0.1) is 15.3 Å². The predicted molar refractivity (Wildman–Crippen MR) is 151 cm³/mol. The number of hydrogen-bond donors (Lipinski definition) is 1. The van der Waals surface area contributed by atoms with Crippen LogP contribution in [0.15, 0.2) is 102 Å². The minimum Gasteiger partial charge on any atom is -0.321 e. The summed E-state index contributed by atoms with van der Waals surface area (Å²) in [6, 6.07) is 29.5. The summed E-state index contributed by atoms with van der Waals surface area (Å²) in [5.74, 6) is -0.829. The zero-order valence-electron chi connectivity index (χ0n) is 19.3. The van der Waals surface area contributed by atoms with Crippen molar-refractivity contribution in [3.63, 3.8) is 0 Å². The highest BCUT2D eigenvalue weighted by molar-refractivity contribution is 8.05. The fourth-order valence-corrected chi connectivity index (χ4v) is 5.92. The summed E-state index contributed by atoms with van der Waals surface area (Å²) in [5, 5.41) is 15.2. The quantitative estimate of drug-likeness (QED) is 0.213. The predicted octanol–water partition coefficient (Wildman–Crippen LogP) is 7.21. The van der Waals surface area contributed by atoms with Crippen LogP contribution in [-0.2, 0) is 16.0 Å². The van der Waals surface area contributed by atoms with Crippen LogP contribution in [0.25, 0.3) is 10.8 Å². The third-order valence-corrected chi connectivity index (χ3v) is 8.12. The largest absolute Gasteiger partial charge is 0.321 e. The van der Waals surface area contributed by atoms with Gasteiger partial charge in [-0.05, 0) is 41.6 Å². The molecule has 0 spiro atoms. The molecule has 1 atom stereocenters. The van der Waals surface area contributed by atoms with Gasteiger partial charge < -0.3 is 5.32 Å². The molecule has 2 amide bonds. The van der Waals surface area contributed by atoms with E-state index < -0.39 is 11.2 Å². The Morgan fingerprint density at radius 1 is 0.946 bits per heavy atom. The van der Waals surface area contributed by atoms with Crippen LogP contribution in [0.2, 0.25) is 10.0 Å². The Bertz CT molecular complexity index is 1590. The molecule has 1 saturated heterocycles. The lowest BCUT2D eigenvalue weighted by Gasteiger charge is -2.19. The second kappa shape index (κ2) is 10.7. The number of amides is 2.